The van der Waals surface area contributed by atoms with Gasteiger partial charge in [-0.1, -0.05) is 13.8 Å². The van der Waals surface area contributed by atoms with Crippen molar-refractivity contribution in [3.05, 3.63) is 40.2 Å². The topological polar surface area (TPSA) is 141 Å². The van der Waals surface area contributed by atoms with E-state index in [2.05, 4.69) is 10.6 Å². The summed E-state index contributed by atoms with van der Waals surface area (Å²) >= 11 is 1.32. The van der Waals surface area contributed by atoms with Gasteiger partial charge in [-0.2, -0.15) is 0 Å². The number of hydrogen-bond acceptors (Lipinski definition) is 7. The first kappa shape index (κ1) is 21.6. The number of rotatable bonds is 8. The molecule has 10 heteroatoms. The maximum absolute atomic E-state index is 12.4. The molecule has 2 aromatic rings. The van der Waals surface area contributed by atoms with E-state index in [0.717, 1.165) is 29.7 Å². The largest absolute Gasteiger partial charge is 0.459 e. The fraction of sp³-hybridized carbons (Fsp3) is 0.400. The lowest BCUT2D eigenvalue weighted by molar-refractivity contribution is -0.150. The first-order valence-corrected chi connectivity index (χ1v) is 10.3. The smallest absolute Gasteiger partial charge is 0.329 e. The van der Waals surface area contributed by atoms with Crippen LogP contribution in [0, 0.1) is 5.92 Å². The van der Waals surface area contributed by atoms with Crippen molar-refractivity contribution in [3.8, 4) is 0 Å². The molecule has 0 bridgehead atoms. The monoisotopic (exact) mass is 433 g/mol. The van der Waals surface area contributed by atoms with Gasteiger partial charge in [-0.05, 0) is 42.9 Å². The molecule has 1 atom stereocenters. The summed E-state index contributed by atoms with van der Waals surface area (Å²) in [6, 6.07) is 2.07. The van der Waals surface area contributed by atoms with Gasteiger partial charge in [-0.15, -0.1) is 11.3 Å². The van der Waals surface area contributed by atoms with E-state index < -0.39 is 36.3 Å². The third-order valence-electron chi connectivity index (χ3n) is 4.72. The predicted octanol–water partition coefficient (Wildman–Crippen LogP) is 1.86. The Kier molecular flexibility index (Phi) is 6.56. The molecule has 0 fully saturated rings. The number of hydrogen-bond donors (Lipinski definition) is 3. The Hall–Kier alpha value is -3.14. The highest BCUT2D eigenvalue weighted by molar-refractivity contribution is 7.17. The van der Waals surface area contributed by atoms with Crippen molar-refractivity contribution in [2.24, 2.45) is 11.7 Å². The van der Waals surface area contributed by atoms with Crippen molar-refractivity contribution in [2.45, 2.75) is 39.2 Å². The van der Waals surface area contributed by atoms with Crippen LogP contribution >= 0.6 is 11.3 Å². The molecular formula is C20H23N3O6S. The number of carbonyl (C=O) groups excluding carboxylic acids is 4. The highest BCUT2D eigenvalue weighted by Gasteiger charge is 2.29. The minimum atomic E-state index is -0.956. The number of carbonyl (C=O) groups is 4. The van der Waals surface area contributed by atoms with Crippen LogP contribution in [-0.2, 0) is 27.2 Å². The van der Waals surface area contributed by atoms with E-state index in [0.29, 0.717) is 10.6 Å². The zero-order valence-electron chi connectivity index (χ0n) is 16.7. The van der Waals surface area contributed by atoms with Crippen molar-refractivity contribution in [3.63, 3.8) is 0 Å². The van der Waals surface area contributed by atoms with Gasteiger partial charge in [0, 0.05) is 4.88 Å². The second kappa shape index (κ2) is 9.12. The summed E-state index contributed by atoms with van der Waals surface area (Å²) in [6.45, 7) is 2.92. The number of ether oxygens (including phenoxy) is 1. The predicted molar refractivity (Wildman–Crippen MR) is 109 cm³/mol. The zero-order chi connectivity index (χ0) is 21.8. The number of furan rings is 1. The normalized spacial score (nSPS) is 13.6. The number of nitrogens with two attached hydrogens (primary N) is 1. The van der Waals surface area contributed by atoms with Crippen LogP contribution < -0.4 is 16.4 Å². The maximum Gasteiger partial charge on any atom is 0.329 e. The highest BCUT2D eigenvalue weighted by Crippen LogP contribution is 2.38. The molecule has 4 N–H and O–H groups in total. The molecule has 30 heavy (non-hydrogen) atoms. The zero-order valence-corrected chi connectivity index (χ0v) is 17.5. The van der Waals surface area contributed by atoms with Crippen LogP contribution in [0.4, 0.5) is 5.00 Å². The molecule has 9 nitrogen and oxygen atoms in total. The molecule has 0 saturated heterocycles. The molecule has 3 rings (SSSR count). The lowest BCUT2D eigenvalue weighted by Crippen LogP contribution is -2.45. The average molecular weight is 433 g/mol. The Bertz CT molecular complexity index is 964. The number of nitrogens with one attached hydrogen (secondary N) is 2. The van der Waals surface area contributed by atoms with E-state index in [1.165, 1.54) is 23.7 Å². The van der Waals surface area contributed by atoms with E-state index >= 15 is 0 Å². The van der Waals surface area contributed by atoms with Crippen LogP contribution in [-0.4, -0.2) is 36.3 Å². The molecule has 0 aromatic carbocycles. The van der Waals surface area contributed by atoms with Crippen LogP contribution in [0.5, 0.6) is 0 Å². The van der Waals surface area contributed by atoms with Crippen molar-refractivity contribution >= 4 is 40.0 Å². The van der Waals surface area contributed by atoms with E-state index in [1.807, 2.05) is 0 Å². The van der Waals surface area contributed by atoms with Crippen molar-refractivity contribution in [1.82, 2.24) is 5.32 Å². The number of anilines is 1. The SMILES string of the molecule is CC(C)C(NC(=O)c1ccco1)C(=O)OCC(=O)Nc1sc2c(c1C(N)=O)CCC2. The van der Waals surface area contributed by atoms with Crippen LogP contribution in [0.25, 0.3) is 0 Å². The van der Waals surface area contributed by atoms with Crippen molar-refractivity contribution < 1.29 is 28.3 Å². The molecule has 3 amide bonds. The van der Waals surface area contributed by atoms with E-state index in [4.69, 9.17) is 14.9 Å². The summed E-state index contributed by atoms with van der Waals surface area (Å²) in [5.74, 6) is -2.70. The van der Waals surface area contributed by atoms with Crippen molar-refractivity contribution in [2.75, 3.05) is 11.9 Å². The quantitative estimate of drug-likeness (QED) is 0.543. The minimum Gasteiger partial charge on any atom is -0.459 e. The molecule has 0 spiro atoms. The number of amides is 3. The number of primary amides is 1. The van der Waals surface area contributed by atoms with Gasteiger partial charge in [-0.3, -0.25) is 14.4 Å². The lowest BCUT2D eigenvalue weighted by atomic mass is 10.0. The van der Waals surface area contributed by atoms with Crippen LogP contribution in [0.15, 0.2) is 22.8 Å². The summed E-state index contributed by atoms with van der Waals surface area (Å²) in [5.41, 5.74) is 6.69. The lowest BCUT2D eigenvalue weighted by Gasteiger charge is -2.20. The molecule has 160 valence electrons. The van der Waals surface area contributed by atoms with Gasteiger partial charge in [-0.25, -0.2) is 4.79 Å². The first-order valence-electron chi connectivity index (χ1n) is 9.53. The molecule has 0 aliphatic heterocycles. The summed E-state index contributed by atoms with van der Waals surface area (Å²) < 4.78 is 10.1. The Morgan fingerprint density at radius 3 is 2.67 bits per heavy atom. The minimum absolute atomic E-state index is 0.0657. The highest BCUT2D eigenvalue weighted by atomic mass is 32.1. The first-order chi connectivity index (χ1) is 14.3. The number of thiophene rings is 1. The molecular weight excluding hydrogens is 410 g/mol. The summed E-state index contributed by atoms with van der Waals surface area (Å²) in [6.07, 6.45) is 3.90. The molecule has 2 aromatic heterocycles. The molecule has 1 unspecified atom stereocenters. The Morgan fingerprint density at radius 1 is 1.27 bits per heavy atom. The molecule has 1 aliphatic rings. The van der Waals surface area contributed by atoms with Crippen LogP contribution in [0.3, 0.4) is 0 Å². The third kappa shape index (κ3) is 4.70. The Morgan fingerprint density at radius 2 is 2.03 bits per heavy atom. The second-order valence-corrected chi connectivity index (χ2v) is 8.36. The standard InChI is InChI=1S/C20H23N3O6S/c1-10(2)16(23-18(26)12-6-4-8-28-12)20(27)29-9-14(24)22-19-15(17(21)25)11-5-3-7-13(11)30-19/h4,6,8,10,16H,3,5,7,9H2,1-2H3,(H2,21,25)(H,22,24)(H,23,26). The molecule has 2 heterocycles. The number of fused-ring (bicyclic) bond motifs is 1. The van der Waals surface area contributed by atoms with E-state index in [-0.39, 0.29) is 11.7 Å². The number of aryl methyl sites for hydroxylation is 1. The van der Waals surface area contributed by atoms with Gasteiger partial charge in [0.2, 0.25) is 0 Å². The third-order valence-corrected chi connectivity index (χ3v) is 5.93. The number of esters is 1. The van der Waals surface area contributed by atoms with Gasteiger partial charge < -0.3 is 25.5 Å². The molecule has 0 radical (unpaired) electrons. The van der Waals surface area contributed by atoms with Crippen LogP contribution in [0.1, 0.15) is 51.6 Å². The van der Waals surface area contributed by atoms with Gasteiger partial charge >= 0.3 is 5.97 Å². The van der Waals surface area contributed by atoms with Gasteiger partial charge in [0.05, 0.1) is 11.8 Å². The summed E-state index contributed by atoms with van der Waals surface area (Å²) in [7, 11) is 0. The van der Waals surface area contributed by atoms with Gasteiger partial charge in [0.25, 0.3) is 17.7 Å². The second-order valence-electron chi connectivity index (χ2n) is 7.25. The molecule has 1 aliphatic carbocycles. The summed E-state index contributed by atoms with van der Waals surface area (Å²) in [4.78, 5) is 49.7. The fourth-order valence-electron chi connectivity index (χ4n) is 3.26. The van der Waals surface area contributed by atoms with E-state index in [9.17, 15) is 19.2 Å². The van der Waals surface area contributed by atoms with Crippen molar-refractivity contribution in [1.29, 1.82) is 0 Å². The van der Waals surface area contributed by atoms with Gasteiger partial charge in [0.1, 0.15) is 11.0 Å². The van der Waals surface area contributed by atoms with E-state index in [1.54, 1.807) is 19.9 Å². The maximum atomic E-state index is 12.4. The fourth-order valence-corrected chi connectivity index (χ4v) is 4.57. The molecule has 0 saturated carbocycles. The van der Waals surface area contributed by atoms with Gasteiger partial charge in [0.15, 0.2) is 12.4 Å². The Balaban J connectivity index is 1.59. The summed E-state index contributed by atoms with van der Waals surface area (Å²) in [5, 5.41) is 5.53. The van der Waals surface area contributed by atoms with Crippen LogP contribution in [0.2, 0.25) is 0 Å². The average Bonchev–Trinajstić information content (AvgIpc) is 3.40. The Labute approximate surface area is 176 Å².